The topological polar surface area (TPSA) is 24.7 Å². The molecule has 0 spiro atoms. The number of hydrogen-bond donors (Lipinski definition) is 0. The van der Waals surface area contributed by atoms with Gasteiger partial charge in [0.1, 0.15) is 0 Å². The Morgan fingerprint density at radius 1 is 0.783 bits per heavy atom. The number of isothiocyanates is 2. The third-order valence-electron chi connectivity index (χ3n) is 3.88. The zero-order valence-electron chi connectivity index (χ0n) is 13.2. The zero-order valence-corrected chi connectivity index (χ0v) is 14.8. The second-order valence-corrected chi connectivity index (χ2v) is 5.73. The summed E-state index contributed by atoms with van der Waals surface area (Å²) in [6.07, 6.45) is 0.820. The molecule has 0 radical (unpaired) electrons. The fourth-order valence-corrected chi connectivity index (χ4v) is 3.02. The average Bonchev–Trinajstić information content (AvgIpc) is 2.56. The molecule has 2 aromatic rings. The van der Waals surface area contributed by atoms with E-state index in [-0.39, 0.29) is 12.1 Å². The van der Waals surface area contributed by atoms with E-state index in [1.807, 2.05) is 38.1 Å². The van der Waals surface area contributed by atoms with E-state index >= 15 is 0 Å². The first-order valence-electron chi connectivity index (χ1n) is 7.47. The quantitative estimate of drug-likeness (QED) is 0.505. The first kappa shape index (κ1) is 17.4. The molecule has 2 atom stereocenters. The Bertz CT molecular complexity index is 707. The molecule has 0 heterocycles. The van der Waals surface area contributed by atoms with Crippen molar-refractivity contribution in [2.24, 2.45) is 9.98 Å². The SMILES string of the molecule is CC(N=C=S)c1ccccc1Cc1ccccc1C(C)N=C=S. The maximum atomic E-state index is 4.74. The molecular formula is C19H18N2S2. The molecule has 0 saturated heterocycles. The Hall–Kier alpha value is -1.96. The highest BCUT2D eigenvalue weighted by atomic mass is 32.1. The number of nitrogens with zero attached hydrogens (tertiary/aromatic N) is 2. The van der Waals surface area contributed by atoms with Gasteiger partial charge in [0.25, 0.3) is 0 Å². The maximum absolute atomic E-state index is 4.74. The van der Waals surface area contributed by atoms with Crippen molar-refractivity contribution in [2.75, 3.05) is 0 Å². The van der Waals surface area contributed by atoms with Gasteiger partial charge in [-0.2, -0.15) is 0 Å². The molecule has 0 aliphatic rings. The molecule has 2 nitrogen and oxygen atoms in total. The van der Waals surface area contributed by atoms with Gasteiger partial charge in [-0.25, -0.2) is 9.98 Å². The predicted molar refractivity (Wildman–Crippen MR) is 103 cm³/mol. The van der Waals surface area contributed by atoms with Crippen molar-refractivity contribution in [3.63, 3.8) is 0 Å². The van der Waals surface area contributed by atoms with Crippen LogP contribution >= 0.6 is 24.4 Å². The van der Waals surface area contributed by atoms with Gasteiger partial charge in [-0.1, -0.05) is 48.5 Å². The van der Waals surface area contributed by atoms with Crippen LogP contribution in [0.15, 0.2) is 58.5 Å². The molecule has 0 saturated carbocycles. The van der Waals surface area contributed by atoms with Crippen LogP contribution in [0.25, 0.3) is 0 Å². The Balaban J connectivity index is 2.41. The van der Waals surface area contributed by atoms with Crippen LogP contribution in [-0.2, 0) is 6.42 Å². The molecule has 23 heavy (non-hydrogen) atoms. The summed E-state index contributed by atoms with van der Waals surface area (Å²) in [7, 11) is 0. The minimum atomic E-state index is 0.00674. The molecule has 0 aliphatic carbocycles. The average molecular weight is 339 g/mol. The third-order valence-corrected chi connectivity index (χ3v) is 4.09. The van der Waals surface area contributed by atoms with Gasteiger partial charge in [-0.05, 0) is 67.0 Å². The Morgan fingerprint density at radius 3 is 1.57 bits per heavy atom. The number of aliphatic imine (C=N–C) groups is 2. The van der Waals surface area contributed by atoms with E-state index in [4.69, 9.17) is 24.4 Å². The van der Waals surface area contributed by atoms with Crippen molar-refractivity contribution >= 4 is 34.8 Å². The lowest BCUT2D eigenvalue weighted by Crippen LogP contribution is -2.02. The monoisotopic (exact) mass is 338 g/mol. The van der Waals surface area contributed by atoms with Crippen LogP contribution in [0.1, 0.15) is 48.2 Å². The molecule has 2 aromatic carbocycles. The molecular weight excluding hydrogens is 320 g/mol. The Morgan fingerprint density at radius 2 is 1.17 bits per heavy atom. The van der Waals surface area contributed by atoms with Gasteiger partial charge in [0.05, 0.1) is 22.4 Å². The van der Waals surface area contributed by atoms with E-state index < -0.39 is 0 Å². The molecule has 116 valence electrons. The summed E-state index contributed by atoms with van der Waals surface area (Å²) in [5.41, 5.74) is 4.82. The van der Waals surface area contributed by atoms with Crippen molar-refractivity contribution in [1.29, 1.82) is 0 Å². The highest BCUT2D eigenvalue weighted by molar-refractivity contribution is 7.78. The van der Waals surface area contributed by atoms with Gasteiger partial charge in [-0.3, -0.25) is 0 Å². The van der Waals surface area contributed by atoms with E-state index in [9.17, 15) is 0 Å². The van der Waals surface area contributed by atoms with Crippen LogP contribution in [0.2, 0.25) is 0 Å². The first-order valence-corrected chi connectivity index (χ1v) is 8.28. The largest absolute Gasteiger partial charge is 0.225 e. The highest BCUT2D eigenvalue weighted by Gasteiger charge is 2.13. The molecule has 0 aromatic heterocycles. The van der Waals surface area contributed by atoms with Crippen molar-refractivity contribution in [3.8, 4) is 0 Å². The van der Waals surface area contributed by atoms with Crippen molar-refractivity contribution in [3.05, 3.63) is 70.8 Å². The second-order valence-electron chi connectivity index (χ2n) is 5.37. The van der Waals surface area contributed by atoms with Crippen molar-refractivity contribution in [2.45, 2.75) is 32.4 Å². The van der Waals surface area contributed by atoms with Gasteiger partial charge >= 0.3 is 0 Å². The summed E-state index contributed by atoms with van der Waals surface area (Å²) in [5, 5.41) is 4.95. The number of rotatable bonds is 6. The van der Waals surface area contributed by atoms with Crippen LogP contribution in [0.4, 0.5) is 0 Å². The van der Waals surface area contributed by atoms with Gasteiger partial charge in [0.15, 0.2) is 0 Å². The van der Waals surface area contributed by atoms with E-state index in [0.717, 1.165) is 6.42 Å². The standard InChI is InChI=1S/C19H18N2S2/c1-14(20-12-22)18-9-5-3-7-16(18)11-17-8-4-6-10-19(17)15(2)21-13-23/h3-10,14-15H,11H2,1-2H3. The van der Waals surface area contributed by atoms with Crippen LogP contribution in [0.3, 0.4) is 0 Å². The van der Waals surface area contributed by atoms with Crippen LogP contribution in [-0.4, -0.2) is 10.3 Å². The predicted octanol–water partition coefficient (Wildman–Crippen LogP) is 5.61. The summed E-state index contributed by atoms with van der Waals surface area (Å²) >= 11 is 9.48. The molecule has 0 bridgehead atoms. The van der Waals surface area contributed by atoms with Crippen molar-refractivity contribution < 1.29 is 0 Å². The molecule has 0 fully saturated rings. The summed E-state index contributed by atoms with van der Waals surface area (Å²) in [5.74, 6) is 0. The molecule has 0 amide bonds. The van der Waals surface area contributed by atoms with E-state index in [0.29, 0.717) is 0 Å². The van der Waals surface area contributed by atoms with Crippen LogP contribution < -0.4 is 0 Å². The fourth-order valence-electron chi connectivity index (χ4n) is 2.71. The highest BCUT2D eigenvalue weighted by Crippen LogP contribution is 2.27. The molecule has 0 N–H and O–H groups in total. The summed E-state index contributed by atoms with van der Waals surface area (Å²) in [6, 6.07) is 16.6. The van der Waals surface area contributed by atoms with Gasteiger partial charge in [0.2, 0.25) is 0 Å². The zero-order chi connectivity index (χ0) is 16.7. The van der Waals surface area contributed by atoms with Gasteiger partial charge in [0, 0.05) is 0 Å². The second kappa shape index (κ2) is 8.61. The van der Waals surface area contributed by atoms with Gasteiger partial charge in [-0.15, -0.1) is 0 Å². The number of benzene rings is 2. The van der Waals surface area contributed by atoms with E-state index in [1.54, 1.807) is 0 Å². The molecule has 4 heteroatoms. The smallest absolute Gasteiger partial charge is 0.0826 e. The lowest BCUT2D eigenvalue weighted by Gasteiger charge is -2.16. The Labute approximate surface area is 148 Å². The number of hydrogen-bond acceptors (Lipinski definition) is 4. The fraction of sp³-hybridized carbons (Fsp3) is 0.263. The molecule has 2 unspecified atom stereocenters. The summed E-state index contributed by atoms with van der Waals surface area (Å²) in [4.78, 5) is 8.41. The normalized spacial score (nSPS) is 12.6. The molecule has 2 rings (SSSR count). The van der Waals surface area contributed by atoms with Gasteiger partial charge < -0.3 is 0 Å². The third kappa shape index (κ3) is 4.51. The van der Waals surface area contributed by atoms with Crippen LogP contribution in [0, 0.1) is 0 Å². The minimum Gasteiger partial charge on any atom is -0.225 e. The summed E-state index contributed by atoms with van der Waals surface area (Å²) in [6.45, 7) is 4.06. The van der Waals surface area contributed by atoms with Crippen molar-refractivity contribution in [1.82, 2.24) is 0 Å². The molecule has 0 aliphatic heterocycles. The van der Waals surface area contributed by atoms with Crippen LogP contribution in [0.5, 0.6) is 0 Å². The van der Waals surface area contributed by atoms with E-state index in [2.05, 4.69) is 44.6 Å². The maximum Gasteiger partial charge on any atom is 0.0826 e. The number of thiocarbonyl (C=S) groups is 2. The minimum absolute atomic E-state index is 0.00674. The first-order chi connectivity index (χ1) is 11.2. The summed E-state index contributed by atoms with van der Waals surface area (Å²) < 4.78 is 0. The van der Waals surface area contributed by atoms with E-state index in [1.165, 1.54) is 22.3 Å². The lowest BCUT2D eigenvalue weighted by molar-refractivity contribution is 0.798. The Kier molecular flexibility index (Phi) is 6.52. The lowest BCUT2D eigenvalue weighted by atomic mass is 9.92.